The van der Waals surface area contributed by atoms with Gasteiger partial charge in [0, 0.05) is 23.0 Å². The molecule has 168 valence electrons. The van der Waals surface area contributed by atoms with E-state index in [4.69, 9.17) is 0 Å². The average molecular weight is 444 g/mol. The van der Waals surface area contributed by atoms with Crippen LogP contribution < -0.4 is 10.9 Å². The van der Waals surface area contributed by atoms with E-state index in [0.29, 0.717) is 18.5 Å². The minimum Gasteiger partial charge on any atom is -0.322 e. The summed E-state index contributed by atoms with van der Waals surface area (Å²) in [7, 11) is 0. The van der Waals surface area contributed by atoms with Crippen molar-refractivity contribution >= 4 is 22.6 Å². The number of amides is 2. The van der Waals surface area contributed by atoms with Crippen LogP contribution in [0, 0.1) is 19.7 Å². The Morgan fingerprint density at radius 1 is 1.00 bits per heavy atom. The van der Waals surface area contributed by atoms with Gasteiger partial charge in [-0.1, -0.05) is 48.5 Å². The van der Waals surface area contributed by atoms with Gasteiger partial charge in [0.15, 0.2) is 0 Å². The minimum atomic E-state index is -0.511. The Balaban J connectivity index is 1.63. The van der Waals surface area contributed by atoms with Gasteiger partial charge in [0.1, 0.15) is 5.82 Å². The molecule has 1 heterocycles. The second-order valence-electron chi connectivity index (χ2n) is 8.23. The number of carbonyl (C=O) groups excluding carboxylic acids is 1. The fraction of sp³-hybridized carbons (Fsp3) is 0.185. The number of para-hydroxylation sites is 1. The monoisotopic (exact) mass is 443 g/mol. The maximum absolute atomic E-state index is 14.1. The van der Waals surface area contributed by atoms with Gasteiger partial charge in [-0.3, -0.25) is 4.79 Å². The molecule has 0 aliphatic heterocycles. The van der Waals surface area contributed by atoms with Crippen molar-refractivity contribution in [3.8, 4) is 0 Å². The van der Waals surface area contributed by atoms with Crippen molar-refractivity contribution in [1.29, 1.82) is 0 Å². The Labute approximate surface area is 191 Å². The van der Waals surface area contributed by atoms with Crippen molar-refractivity contribution in [3.63, 3.8) is 0 Å². The van der Waals surface area contributed by atoms with Crippen LogP contribution in [0.25, 0.3) is 10.9 Å². The maximum atomic E-state index is 14.1. The highest BCUT2D eigenvalue weighted by Gasteiger charge is 2.18. The van der Waals surface area contributed by atoms with Crippen LogP contribution in [0.1, 0.15) is 22.3 Å². The van der Waals surface area contributed by atoms with Gasteiger partial charge < -0.3 is 15.2 Å². The molecule has 0 radical (unpaired) electrons. The fourth-order valence-corrected chi connectivity index (χ4v) is 3.96. The summed E-state index contributed by atoms with van der Waals surface area (Å²) in [6, 6.07) is 21.2. The molecule has 5 nitrogen and oxygen atoms in total. The topological polar surface area (TPSA) is 65.2 Å². The molecule has 4 aromatic rings. The quantitative estimate of drug-likeness (QED) is 0.410. The number of aryl methyl sites for hydroxylation is 2. The third kappa shape index (κ3) is 5.29. The number of benzene rings is 3. The summed E-state index contributed by atoms with van der Waals surface area (Å²) < 4.78 is 14.1. The molecule has 0 fully saturated rings. The highest BCUT2D eigenvalue weighted by Crippen LogP contribution is 2.20. The van der Waals surface area contributed by atoms with Crippen molar-refractivity contribution in [2.24, 2.45) is 0 Å². The highest BCUT2D eigenvalue weighted by atomic mass is 19.1. The van der Waals surface area contributed by atoms with E-state index >= 15 is 0 Å². The first-order chi connectivity index (χ1) is 15.9. The van der Waals surface area contributed by atoms with Crippen LogP contribution in [0.4, 0.5) is 14.9 Å². The van der Waals surface area contributed by atoms with Crippen molar-refractivity contribution in [2.75, 3.05) is 11.9 Å². The smallest absolute Gasteiger partial charge is 0.322 e. The molecule has 2 N–H and O–H groups in total. The Morgan fingerprint density at radius 3 is 2.48 bits per heavy atom. The van der Waals surface area contributed by atoms with E-state index in [1.165, 1.54) is 12.1 Å². The number of aromatic nitrogens is 1. The molecule has 6 heteroatoms. The summed E-state index contributed by atoms with van der Waals surface area (Å²) in [5.41, 5.74) is 4.30. The lowest BCUT2D eigenvalue weighted by Crippen LogP contribution is -2.37. The van der Waals surface area contributed by atoms with E-state index in [0.717, 1.165) is 27.6 Å². The number of nitrogens with zero attached hydrogens (tertiary/aromatic N) is 1. The molecule has 4 rings (SSSR count). The maximum Gasteiger partial charge on any atom is 0.322 e. The summed E-state index contributed by atoms with van der Waals surface area (Å²) in [6.07, 6.45) is 0.606. The van der Waals surface area contributed by atoms with Gasteiger partial charge in [-0.05, 0) is 61.2 Å². The zero-order valence-corrected chi connectivity index (χ0v) is 18.7. The molecule has 2 amide bonds. The first-order valence-corrected chi connectivity index (χ1v) is 10.9. The minimum absolute atomic E-state index is 0.103. The summed E-state index contributed by atoms with van der Waals surface area (Å²) in [5, 5.41) is 3.58. The number of urea groups is 1. The number of hydrogen-bond acceptors (Lipinski definition) is 2. The highest BCUT2D eigenvalue weighted by molar-refractivity contribution is 5.89. The lowest BCUT2D eigenvalue weighted by Gasteiger charge is -2.23. The molecular formula is C27H26FN3O2. The van der Waals surface area contributed by atoms with Crippen LogP contribution in [0.15, 0.2) is 77.6 Å². The molecule has 0 atom stereocenters. The van der Waals surface area contributed by atoms with Gasteiger partial charge >= 0.3 is 6.03 Å². The molecule has 0 saturated carbocycles. The first-order valence-electron chi connectivity index (χ1n) is 10.9. The Bertz CT molecular complexity index is 1350. The third-order valence-corrected chi connectivity index (χ3v) is 5.67. The number of pyridine rings is 1. The predicted molar refractivity (Wildman–Crippen MR) is 130 cm³/mol. The molecule has 0 unspecified atom stereocenters. The van der Waals surface area contributed by atoms with Crippen LogP contribution in [-0.2, 0) is 13.0 Å². The van der Waals surface area contributed by atoms with Gasteiger partial charge in [-0.2, -0.15) is 0 Å². The molecule has 0 spiro atoms. The Morgan fingerprint density at radius 2 is 1.73 bits per heavy atom. The molecule has 3 aromatic carbocycles. The van der Waals surface area contributed by atoms with E-state index in [1.807, 2.05) is 56.3 Å². The molecule has 33 heavy (non-hydrogen) atoms. The average Bonchev–Trinajstić information content (AvgIpc) is 2.79. The molecular weight excluding hydrogens is 417 g/mol. The van der Waals surface area contributed by atoms with E-state index < -0.39 is 11.8 Å². The summed E-state index contributed by atoms with van der Waals surface area (Å²) in [5.74, 6) is -0.511. The summed E-state index contributed by atoms with van der Waals surface area (Å²) in [6.45, 7) is 4.45. The van der Waals surface area contributed by atoms with E-state index in [1.54, 1.807) is 17.0 Å². The van der Waals surface area contributed by atoms with Crippen molar-refractivity contribution < 1.29 is 9.18 Å². The zero-order chi connectivity index (χ0) is 23.4. The fourth-order valence-electron chi connectivity index (χ4n) is 3.96. The van der Waals surface area contributed by atoms with Crippen LogP contribution in [0.3, 0.4) is 0 Å². The molecule has 1 aromatic heterocycles. The van der Waals surface area contributed by atoms with Crippen LogP contribution in [0.5, 0.6) is 0 Å². The summed E-state index contributed by atoms with van der Waals surface area (Å²) in [4.78, 5) is 30.4. The number of anilines is 1. The molecule has 0 aliphatic carbocycles. The van der Waals surface area contributed by atoms with E-state index in [2.05, 4.69) is 16.4 Å². The number of fused-ring (bicyclic) bond motifs is 1. The van der Waals surface area contributed by atoms with Crippen LogP contribution in [-0.4, -0.2) is 22.5 Å². The van der Waals surface area contributed by atoms with Crippen LogP contribution in [0.2, 0.25) is 0 Å². The Hall–Kier alpha value is -3.93. The van der Waals surface area contributed by atoms with Crippen LogP contribution >= 0.6 is 0 Å². The first kappa shape index (κ1) is 22.3. The number of aromatic amines is 1. The van der Waals surface area contributed by atoms with Crippen molar-refractivity contribution in [1.82, 2.24) is 9.88 Å². The number of H-pyrrole nitrogens is 1. The number of carbonyl (C=O) groups is 1. The number of halogens is 1. The van der Waals surface area contributed by atoms with Crippen molar-refractivity contribution in [2.45, 2.75) is 26.8 Å². The summed E-state index contributed by atoms with van der Waals surface area (Å²) >= 11 is 0. The van der Waals surface area contributed by atoms with Gasteiger partial charge in [0.05, 0.1) is 12.2 Å². The number of nitrogens with one attached hydrogen (secondary N) is 2. The Kier molecular flexibility index (Phi) is 6.54. The third-order valence-electron chi connectivity index (χ3n) is 5.67. The largest absolute Gasteiger partial charge is 0.322 e. The van der Waals surface area contributed by atoms with Gasteiger partial charge in [-0.15, -0.1) is 0 Å². The molecule has 0 bridgehead atoms. The van der Waals surface area contributed by atoms with E-state index in [9.17, 15) is 14.0 Å². The predicted octanol–water partition coefficient (Wildman–Crippen LogP) is 5.56. The number of hydrogen-bond donors (Lipinski definition) is 2. The second kappa shape index (κ2) is 9.69. The second-order valence-corrected chi connectivity index (χ2v) is 8.23. The van der Waals surface area contributed by atoms with Gasteiger partial charge in [0.2, 0.25) is 0 Å². The lowest BCUT2D eigenvalue weighted by molar-refractivity contribution is 0.209. The van der Waals surface area contributed by atoms with E-state index in [-0.39, 0.29) is 17.8 Å². The zero-order valence-electron chi connectivity index (χ0n) is 18.7. The SMILES string of the molecule is Cc1cc(C)c2cc(CN(CCc3ccccc3)C(=O)Nc3ccccc3F)c(=O)[nH]c2c1. The number of rotatable bonds is 6. The molecule has 0 aliphatic rings. The van der Waals surface area contributed by atoms with Crippen molar-refractivity contribution in [3.05, 3.63) is 111 Å². The normalized spacial score (nSPS) is 10.9. The lowest BCUT2D eigenvalue weighted by atomic mass is 10.0. The molecule has 0 saturated heterocycles. The standard InChI is InChI=1S/C27H26FN3O2/c1-18-14-19(2)22-16-21(26(32)29-25(22)15-18)17-31(13-12-20-8-4-3-5-9-20)27(33)30-24-11-7-6-10-23(24)28/h3-11,14-16H,12-13,17H2,1-2H3,(H,29,32)(H,30,33). The van der Waals surface area contributed by atoms with Gasteiger partial charge in [-0.25, -0.2) is 9.18 Å². The van der Waals surface area contributed by atoms with Gasteiger partial charge in [0.25, 0.3) is 5.56 Å².